The van der Waals surface area contributed by atoms with Crippen LogP contribution in [0.25, 0.3) is 11.0 Å². The van der Waals surface area contributed by atoms with E-state index in [-0.39, 0.29) is 11.3 Å². The summed E-state index contributed by atoms with van der Waals surface area (Å²) in [6.07, 6.45) is 2.55. The van der Waals surface area contributed by atoms with Crippen molar-refractivity contribution >= 4 is 28.2 Å². The molecule has 0 aliphatic rings. The molecule has 8 heteroatoms. The van der Waals surface area contributed by atoms with Gasteiger partial charge in [-0.1, -0.05) is 6.92 Å². The predicted molar refractivity (Wildman–Crippen MR) is 107 cm³/mol. The quantitative estimate of drug-likeness (QED) is 0.609. The van der Waals surface area contributed by atoms with E-state index in [0.717, 1.165) is 28.8 Å². The first-order valence-electron chi connectivity index (χ1n) is 8.98. The Hall–Kier alpha value is -2.58. The second-order valence-corrected chi connectivity index (χ2v) is 7.94. The summed E-state index contributed by atoms with van der Waals surface area (Å²) in [5.74, 6) is -0.0576. The van der Waals surface area contributed by atoms with E-state index in [2.05, 4.69) is 9.97 Å². The molecule has 1 aromatic carbocycles. The number of aryl methyl sites for hydroxylation is 2. The monoisotopic (exact) mass is 401 g/mol. The van der Waals surface area contributed by atoms with Crippen LogP contribution in [0.2, 0.25) is 0 Å². The van der Waals surface area contributed by atoms with Gasteiger partial charge in [-0.05, 0) is 38.5 Å². The van der Waals surface area contributed by atoms with Gasteiger partial charge in [0.2, 0.25) is 0 Å². The van der Waals surface area contributed by atoms with Crippen LogP contribution >= 0.6 is 0 Å². The van der Waals surface area contributed by atoms with Gasteiger partial charge >= 0.3 is 11.1 Å². The number of methoxy groups -OCH3 is 1. The fourth-order valence-electron chi connectivity index (χ4n) is 3.26. The van der Waals surface area contributed by atoms with E-state index in [1.165, 1.54) is 6.07 Å². The first-order valence-corrected chi connectivity index (χ1v) is 10.3. The number of hydrogen-bond acceptors (Lipinski definition) is 5. The summed E-state index contributed by atoms with van der Waals surface area (Å²) in [6, 6.07) is 4.78. The Morgan fingerprint density at radius 3 is 2.75 bits per heavy atom. The molecule has 3 aromatic rings. The van der Waals surface area contributed by atoms with Gasteiger partial charge in [0.1, 0.15) is 5.75 Å². The fraction of sp³-hybridized carbons (Fsp3) is 0.350. The smallest absolute Gasteiger partial charge is 0.335 e. The van der Waals surface area contributed by atoms with Crippen LogP contribution in [0, 0.1) is 13.8 Å². The number of carbonyl (C=O) groups is 1. The number of imidazole rings is 1. The first-order chi connectivity index (χ1) is 13.4. The van der Waals surface area contributed by atoms with Crippen LogP contribution in [0.1, 0.15) is 40.5 Å². The SMILES string of the molecule is CCCn1c([S+]([O-])Cc2ncc(C)c(OC)c2C)nc2cc(C(=O)O)ccc21. The molecular weight excluding hydrogens is 378 g/mol. The van der Waals surface area contributed by atoms with Crippen LogP contribution in [0.5, 0.6) is 5.75 Å². The van der Waals surface area contributed by atoms with Crippen molar-refractivity contribution in [1.82, 2.24) is 14.5 Å². The number of pyridine rings is 1. The molecule has 2 heterocycles. The van der Waals surface area contributed by atoms with Gasteiger partial charge in [-0.25, -0.2) is 4.79 Å². The molecule has 0 aliphatic heterocycles. The molecule has 1 unspecified atom stereocenters. The molecule has 0 amide bonds. The van der Waals surface area contributed by atoms with E-state index in [1.54, 1.807) is 25.4 Å². The minimum Gasteiger partial charge on any atom is -0.609 e. The normalized spacial score (nSPS) is 12.3. The van der Waals surface area contributed by atoms with Gasteiger partial charge in [0.05, 0.1) is 29.4 Å². The van der Waals surface area contributed by atoms with E-state index in [4.69, 9.17) is 4.74 Å². The van der Waals surface area contributed by atoms with Gasteiger partial charge in [-0.3, -0.25) is 9.55 Å². The highest BCUT2D eigenvalue weighted by molar-refractivity contribution is 7.90. The molecule has 1 atom stereocenters. The molecule has 0 aliphatic carbocycles. The molecular formula is C20H23N3O4S. The number of aromatic nitrogens is 3. The van der Waals surface area contributed by atoms with E-state index in [0.29, 0.717) is 22.9 Å². The third kappa shape index (κ3) is 3.70. The Balaban J connectivity index is 2.02. The minimum atomic E-state index is -1.44. The lowest BCUT2D eigenvalue weighted by atomic mass is 10.1. The zero-order valence-corrected chi connectivity index (χ0v) is 17.2. The van der Waals surface area contributed by atoms with Crippen molar-refractivity contribution in [2.24, 2.45) is 0 Å². The maximum atomic E-state index is 13.2. The van der Waals surface area contributed by atoms with Crippen molar-refractivity contribution in [2.45, 2.75) is 44.6 Å². The Morgan fingerprint density at radius 2 is 2.11 bits per heavy atom. The van der Waals surface area contributed by atoms with Crippen LogP contribution < -0.4 is 4.74 Å². The zero-order valence-electron chi connectivity index (χ0n) is 16.4. The van der Waals surface area contributed by atoms with Crippen molar-refractivity contribution in [3.05, 3.63) is 46.8 Å². The van der Waals surface area contributed by atoms with Gasteiger partial charge in [0.25, 0.3) is 0 Å². The molecule has 1 N–H and O–H groups in total. The number of aromatic carboxylic acids is 1. The van der Waals surface area contributed by atoms with Crippen LogP contribution in [-0.4, -0.2) is 37.3 Å². The number of carboxylic acid groups (broad SMARTS) is 1. The number of carboxylic acids is 1. The maximum absolute atomic E-state index is 13.2. The molecule has 3 rings (SSSR count). The van der Waals surface area contributed by atoms with Crippen LogP contribution in [0.3, 0.4) is 0 Å². The molecule has 2 aromatic heterocycles. The third-order valence-corrected chi connectivity index (χ3v) is 5.88. The third-order valence-electron chi connectivity index (χ3n) is 4.63. The summed E-state index contributed by atoms with van der Waals surface area (Å²) in [4.78, 5) is 20.2. The highest BCUT2D eigenvalue weighted by Crippen LogP contribution is 2.28. The molecule has 148 valence electrons. The Kier molecular flexibility index (Phi) is 5.90. The van der Waals surface area contributed by atoms with Crippen molar-refractivity contribution < 1.29 is 19.2 Å². The second-order valence-electron chi connectivity index (χ2n) is 6.59. The molecule has 28 heavy (non-hydrogen) atoms. The van der Waals surface area contributed by atoms with Crippen molar-refractivity contribution in [3.63, 3.8) is 0 Å². The van der Waals surface area contributed by atoms with E-state index in [9.17, 15) is 14.5 Å². The van der Waals surface area contributed by atoms with Gasteiger partial charge < -0.3 is 14.4 Å². The molecule has 0 bridgehead atoms. The minimum absolute atomic E-state index is 0.159. The Bertz CT molecular complexity index is 1030. The van der Waals surface area contributed by atoms with Crippen LogP contribution in [0.4, 0.5) is 0 Å². The van der Waals surface area contributed by atoms with Crippen molar-refractivity contribution in [2.75, 3.05) is 7.11 Å². The zero-order chi connectivity index (χ0) is 20.4. The molecule has 0 spiro atoms. The topological polar surface area (TPSA) is 100 Å². The second kappa shape index (κ2) is 8.20. The summed E-state index contributed by atoms with van der Waals surface area (Å²) in [5.41, 5.74) is 3.95. The lowest BCUT2D eigenvalue weighted by Gasteiger charge is -2.15. The number of rotatable bonds is 7. The number of nitrogens with zero attached hydrogens (tertiary/aromatic N) is 3. The molecule has 0 saturated heterocycles. The van der Waals surface area contributed by atoms with Crippen molar-refractivity contribution in [1.29, 1.82) is 0 Å². The summed E-state index contributed by atoms with van der Waals surface area (Å²) in [6.45, 7) is 6.49. The first kappa shape index (κ1) is 20.2. The van der Waals surface area contributed by atoms with E-state index < -0.39 is 17.1 Å². The van der Waals surface area contributed by atoms with Gasteiger partial charge in [0.15, 0.2) is 5.75 Å². The van der Waals surface area contributed by atoms with Crippen LogP contribution in [-0.2, 0) is 23.5 Å². The molecule has 0 fully saturated rings. The summed E-state index contributed by atoms with van der Waals surface area (Å²) in [7, 11) is 1.61. The van der Waals surface area contributed by atoms with Gasteiger partial charge in [-0.15, -0.1) is 0 Å². The van der Waals surface area contributed by atoms with E-state index >= 15 is 0 Å². The highest BCUT2D eigenvalue weighted by atomic mass is 32.2. The lowest BCUT2D eigenvalue weighted by molar-refractivity contribution is 0.0697. The average molecular weight is 401 g/mol. The number of benzene rings is 1. The molecule has 0 radical (unpaired) electrons. The molecule has 0 saturated carbocycles. The standard InChI is InChI=1S/C20H23N3O4S/c1-5-8-23-17-7-6-14(19(24)25)9-15(17)22-20(23)28(26)11-16-13(3)18(27-4)12(2)10-21-16/h6-7,9-10H,5,8,11H2,1-4H3,(H,24,25). The largest absolute Gasteiger partial charge is 0.609 e. The predicted octanol–water partition coefficient (Wildman–Crippen LogP) is 3.47. The Labute approximate surface area is 166 Å². The van der Waals surface area contributed by atoms with Crippen LogP contribution in [0.15, 0.2) is 29.6 Å². The highest BCUT2D eigenvalue weighted by Gasteiger charge is 2.25. The Morgan fingerprint density at radius 1 is 1.36 bits per heavy atom. The van der Waals surface area contributed by atoms with Gasteiger partial charge in [0, 0.05) is 35.0 Å². The van der Waals surface area contributed by atoms with E-state index in [1.807, 2.05) is 25.3 Å². The number of hydrogen-bond donors (Lipinski definition) is 1. The molecule has 7 nitrogen and oxygen atoms in total. The lowest BCUT2D eigenvalue weighted by Crippen LogP contribution is -2.15. The number of ether oxygens (including phenoxy) is 1. The number of fused-ring (bicyclic) bond motifs is 1. The summed E-state index contributed by atoms with van der Waals surface area (Å²) >= 11 is -1.44. The summed E-state index contributed by atoms with van der Waals surface area (Å²) < 4.78 is 20.5. The van der Waals surface area contributed by atoms with Gasteiger partial charge in [-0.2, -0.15) is 4.98 Å². The maximum Gasteiger partial charge on any atom is 0.335 e. The fourth-order valence-corrected chi connectivity index (χ4v) is 4.56. The summed E-state index contributed by atoms with van der Waals surface area (Å²) in [5, 5.41) is 9.65. The average Bonchev–Trinajstić information content (AvgIpc) is 3.02. The van der Waals surface area contributed by atoms with Crippen molar-refractivity contribution in [3.8, 4) is 5.75 Å².